The first-order chi connectivity index (χ1) is 23.1. The standard InChI is InChI=1S/C46H57N/c1-33-11-9-17-40(27-33)46(41-18-10-16-39(28-41)42-25-26-47-32-42)24-19-34(2)35-20-22-38(23-21-35)45-30-43(36-12-5-3-6-13-36)29-44(31-45)37-14-7-4-8-15-37/h3,5,7,9-10,12,14,16-18,20,28-29,31-34,37-38,43,47H,4,6,8,11,13,15,19,21-27,30H2,1-2H3/b46-40+. The lowest BCUT2D eigenvalue weighted by Gasteiger charge is -2.34. The van der Waals surface area contributed by atoms with E-state index in [1.807, 2.05) is 0 Å². The highest BCUT2D eigenvalue weighted by atomic mass is 14.8. The van der Waals surface area contributed by atoms with E-state index in [1.54, 1.807) is 33.4 Å². The Morgan fingerprint density at radius 3 is 2.68 bits per heavy atom. The minimum Gasteiger partial charge on any atom is -0.390 e. The SMILES string of the molecule is CC1CC=C/C(=C(/CCC(C)C2=CCC(C3=CC(C4C=CCCC4)=CC(C4=CC=CCC4)C3)CC2)c2cccc(C3=CNCC3)c2)C1. The van der Waals surface area contributed by atoms with Gasteiger partial charge >= 0.3 is 0 Å². The van der Waals surface area contributed by atoms with Gasteiger partial charge in [0.25, 0.3) is 0 Å². The molecule has 1 nitrogen and oxygen atoms in total. The molecule has 1 heteroatoms. The van der Waals surface area contributed by atoms with Gasteiger partial charge in [0.2, 0.25) is 0 Å². The van der Waals surface area contributed by atoms with Gasteiger partial charge in [0.1, 0.15) is 0 Å². The van der Waals surface area contributed by atoms with Crippen LogP contribution in [0, 0.1) is 29.6 Å². The summed E-state index contributed by atoms with van der Waals surface area (Å²) in [5.41, 5.74) is 14.2. The highest BCUT2D eigenvalue weighted by Gasteiger charge is 2.28. The quantitative estimate of drug-likeness (QED) is 0.270. The van der Waals surface area contributed by atoms with Gasteiger partial charge in [-0.2, -0.15) is 0 Å². The molecule has 0 spiro atoms. The van der Waals surface area contributed by atoms with Gasteiger partial charge in [0.15, 0.2) is 0 Å². The number of rotatable bonds is 9. The molecule has 0 bridgehead atoms. The van der Waals surface area contributed by atoms with Crippen molar-refractivity contribution in [2.45, 2.75) is 104 Å². The third kappa shape index (κ3) is 7.88. The van der Waals surface area contributed by atoms with E-state index in [0.29, 0.717) is 23.7 Å². The van der Waals surface area contributed by atoms with Gasteiger partial charge in [-0.25, -0.2) is 0 Å². The molecule has 0 saturated carbocycles. The zero-order valence-electron chi connectivity index (χ0n) is 29.2. The Morgan fingerprint density at radius 1 is 0.957 bits per heavy atom. The van der Waals surface area contributed by atoms with E-state index in [-0.39, 0.29) is 0 Å². The molecule has 0 saturated heterocycles. The first-order valence-electron chi connectivity index (χ1n) is 19.2. The van der Waals surface area contributed by atoms with Crippen LogP contribution < -0.4 is 5.32 Å². The van der Waals surface area contributed by atoms with Crippen LogP contribution in [0.5, 0.6) is 0 Å². The van der Waals surface area contributed by atoms with E-state index in [2.05, 4.69) is 110 Å². The van der Waals surface area contributed by atoms with Crippen LogP contribution in [0.3, 0.4) is 0 Å². The Kier molecular flexibility index (Phi) is 10.5. The van der Waals surface area contributed by atoms with Crippen molar-refractivity contribution in [1.29, 1.82) is 0 Å². The molecule has 5 atom stereocenters. The Bertz CT molecular complexity index is 1580. The molecule has 246 valence electrons. The lowest BCUT2D eigenvalue weighted by atomic mass is 9.71. The molecule has 1 N–H and O–H groups in total. The van der Waals surface area contributed by atoms with Gasteiger partial charge in [0.05, 0.1) is 0 Å². The summed E-state index contributed by atoms with van der Waals surface area (Å²) >= 11 is 0. The molecule has 6 aliphatic rings. The smallest absolute Gasteiger partial charge is 0.0182 e. The molecular formula is C46H57N. The van der Waals surface area contributed by atoms with Gasteiger partial charge in [-0.05, 0) is 147 Å². The zero-order valence-corrected chi connectivity index (χ0v) is 29.2. The first-order valence-corrected chi connectivity index (χ1v) is 19.2. The van der Waals surface area contributed by atoms with Crippen molar-refractivity contribution in [1.82, 2.24) is 5.32 Å². The molecule has 47 heavy (non-hydrogen) atoms. The van der Waals surface area contributed by atoms with Crippen LogP contribution in [0.15, 0.2) is 119 Å². The number of hydrogen-bond acceptors (Lipinski definition) is 1. The van der Waals surface area contributed by atoms with E-state index in [1.165, 1.54) is 93.7 Å². The Labute approximate surface area is 285 Å². The summed E-state index contributed by atoms with van der Waals surface area (Å²) in [6, 6.07) is 9.42. The first kappa shape index (κ1) is 32.2. The largest absolute Gasteiger partial charge is 0.390 e. The topological polar surface area (TPSA) is 12.0 Å². The summed E-state index contributed by atoms with van der Waals surface area (Å²) in [6.07, 6.45) is 44.4. The Morgan fingerprint density at radius 2 is 1.91 bits per heavy atom. The zero-order chi connectivity index (χ0) is 32.0. The monoisotopic (exact) mass is 623 g/mol. The van der Waals surface area contributed by atoms with Crippen molar-refractivity contribution in [3.63, 3.8) is 0 Å². The summed E-state index contributed by atoms with van der Waals surface area (Å²) in [6.45, 7) is 5.98. The van der Waals surface area contributed by atoms with Gasteiger partial charge in [-0.1, -0.05) is 110 Å². The fourth-order valence-electron chi connectivity index (χ4n) is 9.12. The maximum absolute atomic E-state index is 3.42. The molecule has 1 aliphatic heterocycles. The number of allylic oxidation sites excluding steroid dienone is 16. The highest BCUT2D eigenvalue weighted by molar-refractivity contribution is 5.76. The Hall–Kier alpha value is -3.32. The summed E-state index contributed by atoms with van der Waals surface area (Å²) in [5.74, 6) is 3.29. The highest BCUT2D eigenvalue weighted by Crippen LogP contribution is 2.43. The average Bonchev–Trinajstić information content (AvgIpc) is 3.68. The molecule has 5 unspecified atom stereocenters. The maximum atomic E-state index is 3.42. The van der Waals surface area contributed by atoms with E-state index < -0.39 is 0 Å². The lowest BCUT2D eigenvalue weighted by Crippen LogP contribution is -2.19. The minimum atomic E-state index is 0.595. The molecule has 0 fully saturated rings. The van der Waals surface area contributed by atoms with Crippen molar-refractivity contribution in [3.8, 4) is 0 Å². The van der Waals surface area contributed by atoms with Crippen molar-refractivity contribution in [3.05, 3.63) is 130 Å². The van der Waals surface area contributed by atoms with Crippen LogP contribution in [0.1, 0.15) is 115 Å². The number of hydrogen-bond donors (Lipinski definition) is 1. The molecule has 1 aromatic rings. The van der Waals surface area contributed by atoms with Gasteiger partial charge in [0, 0.05) is 24.6 Å². The molecule has 0 radical (unpaired) electrons. The van der Waals surface area contributed by atoms with Crippen molar-refractivity contribution >= 4 is 11.1 Å². The molecule has 0 amide bonds. The normalized spacial score (nSPS) is 29.3. The fraction of sp³-hybridized carbons (Fsp3) is 0.478. The van der Waals surface area contributed by atoms with Crippen molar-refractivity contribution in [2.75, 3.05) is 6.54 Å². The second kappa shape index (κ2) is 15.3. The van der Waals surface area contributed by atoms with Crippen molar-refractivity contribution < 1.29 is 0 Å². The number of nitrogens with one attached hydrogen (secondary N) is 1. The van der Waals surface area contributed by atoms with Gasteiger partial charge in [-0.15, -0.1) is 0 Å². The number of benzene rings is 1. The third-order valence-corrected chi connectivity index (χ3v) is 12.0. The van der Waals surface area contributed by atoms with Gasteiger partial charge in [-0.3, -0.25) is 0 Å². The van der Waals surface area contributed by atoms with E-state index in [0.717, 1.165) is 25.3 Å². The van der Waals surface area contributed by atoms with Crippen LogP contribution >= 0.6 is 0 Å². The van der Waals surface area contributed by atoms with Crippen LogP contribution in [0.4, 0.5) is 0 Å². The molecular weight excluding hydrogens is 567 g/mol. The summed E-state index contributed by atoms with van der Waals surface area (Å²) < 4.78 is 0. The third-order valence-electron chi connectivity index (χ3n) is 12.0. The van der Waals surface area contributed by atoms with Crippen molar-refractivity contribution in [2.24, 2.45) is 29.6 Å². The van der Waals surface area contributed by atoms with Crippen LogP contribution in [-0.4, -0.2) is 6.54 Å². The summed E-state index contributed by atoms with van der Waals surface area (Å²) in [5, 5.41) is 3.42. The lowest BCUT2D eigenvalue weighted by molar-refractivity contribution is 0.466. The maximum Gasteiger partial charge on any atom is 0.0182 e. The van der Waals surface area contributed by atoms with Crippen LogP contribution in [0.2, 0.25) is 0 Å². The second-order valence-electron chi connectivity index (χ2n) is 15.5. The fourth-order valence-corrected chi connectivity index (χ4v) is 9.12. The predicted octanol–water partition coefficient (Wildman–Crippen LogP) is 12.4. The van der Waals surface area contributed by atoms with E-state index >= 15 is 0 Å². The van der Waals surface area contributed by atoms with E-state index in [4.69, 9.17) is 0 Å². The van der Waals surface area contributed by atoms with Crippen LogP contribution in [0.25, 0.3) is 11.1 Å². The van der Waals surface area contributed by atoms with Gasteiger partial charge < -0.3 is 5.32 Å². The molecule has 0 aromatic heterocycles. The average molecular weight is 624 g/mol. The van der Waals surface area contributed by atoms with Crippen LogP contribution in [-0.2, 0) is 0 Å². The molecule has 5 aliphatic carbocycles. The molecule has 7 rings (SSSR count). The predicted molar refractivity (Wildman–Crippen MR) is 203 cm³/mol. The summed E-state index contributed by atoms with van der Waals surface area (Å²) in [4.78, 5) is 0. The second-order valence-corrected chi connectivity index (χ2v) is 15.5. The minimum absolute atomic E-state index is 0.595. The molecule has 1 aromatic carbocycles. The molecule has 1 heterocycles. The van der Waals surface area contributed by atoms with E-state index in [9.17, 15) is 0 Å². The Balaban J connectivity index is 1.05. The summed E-state index contributed by atoms with van der Waals surface area (Å²) in [7, 11) is 0.